The summed E-state index contributed by atoms with van der Waals surface area (Å²) in [4.78, 5) is 4.06. The van der Waals surface area contributed by atoms with Crippen molar-refractivity contribution in [2.45, 2.75) is 19.5 Å². The van der Waals surface area contributed by atoms with Crippen molar-refractivity contribution in [1.29, 1.82) is 0 Å². The van der Waals surface area contributed by atoms with Crippen LogP contribution >= 0.6 is 0 Å². The number of hydrogen-bond acceptors (Lipinski definition) is 4. The molecule has 0 saturated heterocycles. The lowest BCUT2D eigenvalue weighted by molar-refractivity contribution is 0.458. The summed E-state index contributed by atoms with van der Waals surface area (Å²) in [5.41, 5.74) is 0.869. The molecule has 0 spiro atoms. The molecule has 84 valence electrons. The summed E-state index contributed by atoms with van der Waals surface area (Å²) < 4.78 is 0. The second-order valence-corrected chi connectivity index (χ2v) is 3.60. The standard InChI is InChI=1S/C11H14N4O/c1-8(11-13-7-14-15-11)12-6-9-4-2-3-5-10(9)16/h2-5,7-8,12,16H,6H2,1H3,(H,13,14,15). The van der Waals surface area contributed by atoms with E-state index >= 15 is 0 Å². The molecule has 1 aromatic carbocycles. The van der Waals surface area contributed by atoms with Gasteiger partial charge in [0.25, 0.3) is 0 Å². The zero-order chi connectivity index (χ0) is 11.4. The third-order valence-corrected chi connectivity index (χ3v) is 2.43. The van der Waals surface area contributed by atoms with Crippen LogP contribution in [0.15, 0.2) is 30.6 Å². The Hall–Kier alpha value is -1.88. The fourth-order valence-corrected chi connectivity index (χ4v) is 1.44. The van der Waals surface area contributed by atoms with E-state index in [4.69, 9.17) is 0 Å². The molecule has 0 aliphatic heterocycles. The average molecular weight is 218 g/mol. The van der Waals surface area contributed by atoms with Gasteiger partial charge < -0.3 is 10.4 Å². The number of phenols is 1. The van der Waals surface area contributed by atoms with Gasteiger partial charge in [-0.3, -0.25) is 5.10 Å². The first kappa shape index (κ1) is 10.6. The Kier molecular flexibility index (Phi) is 3.16. The molecule has 0 aliphatic rings. The molecule has 3 N–H and O–H groups in total. The molecule has 2 rings (SSSR count). The predicted octanol–water partition coefficient (Wildman–Crippen LogP) is 1.36. The Morgan fingerprint density at radius 2 is 2.25 bits per heavy atom. The lowest BCUT2D eigenvalue weighted by atomic mass is 10.2. The van der Waals surface area contributed by atoms with Gasteiger partial charge in [0.1, 0.15) is 17.9 Å². The monoisotopic (exact) mass is 218 g/mol. The third-order valence-electron chi connectivity index (χ3n) is 2.43. The maximum atomic E-state index is 9.58. The molecule has 0 aliphatic carbocycles. The average Bonchev–Trinajstić information content (AvgIpc) is 2.81. The Morgan fingerprint density at radius 3 is 2.94 bits per heavy atom. The van der Waals surface area contributed by atoms with Crippen LogP contribution in [0.1, 0.15) is 24.4 Å². The van der Waals surface area contributed by atoms with Crippen LogP contribution in [0.25, 0.3) is 0 Å². The van der Waals surface area contributed by atoms with Gasteiger partial charge in [-0.05, 0) is 13.0 Å². The number of phenolic OH excluding ortho intramolecular Hbond substituents is 1. The highest BCUT2D eigenvalue weighted by Crippen LogP contribution is 2.16. The molecular weight excluding hydrogens is 204 g/mol. The quantitative estimate of drug-likeness (QED) is 0.724. The van der Waals surface area contributed by atoms with Gasteiger partial charge in [-0.25, -0.2) is 4.98 Å². The number of para-hydroxylation sites is 1. The molecule has 1 unspecified atom stereocenters. The first-order chi connectivity index (χ1) is 7.77. The van der Waals surface area contributed by atoms with Crippen LogP contribution in [-0.2, 0) is 6.54 Å². The molecule has 2 aromatic rings. The van der Waals surface area contributed by atoms with Crippen LogP contribution < -0.4 is 5.32 Å². The zero-order valence-electron chi connectivity index (χ0n) is 9.01. The minimum atomic E-state index is 0.0714. The fourth-order valence-electron chi connectivity index (χ4n) is 1.44. The highest BCUT2D eigenvalue weighted by molar-refractivity contribution is 5.31. The van der Waals surface area contributed by atoms with Gasteiger partial charge in [0, 0.05) is 12.1 Å². The number of aromatic hydroxyl groups is 1. The Balaban J connectivity index is 1.95. The van der Waals surface area contributed by atoms with Crippen LogP contribution in [0, 0.1) is 0 Å². The van der Waals surface area contributed by atoms with E-state index in [0.717, 1.165) is 11.4 Å². The van der Waals surface area contributed by atoms with Crippen LogP contribution in [0.5, 0.6) is 5.75 Å². The van der Waals surface area contributed by atoms with Crippen molar-refractivity contribution in [3.8, 4) is 5.75 Å². The van der Waals surface area contributed by atoms with E-state index in [1.54, 1.807) is 12.1 Å². The maximum absolute atomic E-state index is 9.58. The predicted molar refractivity (Wildman–Crippen MR) is 59.7 cm³/mol. The van der Waals surface area contributed by atoms with Crippen molar-refractivity contribution in [3.63, 3.8) is 0 Å². The lowest BCUT2D eigenvalue weighted by Gasteiger charge is -2.11. The van der Waals surface area contributed by atoms with E-state index in [1.807, 2.05) is 19.1 Å². The molecule has 0 bridgehead atoms. The van der Waals surface area contributed by atoms with Crippen LogP contribution in [0.2, 0.25) is 0 Å². The molecule has 0 radical (unpaired) electrons. The van der Waals surface area contributed by atoms with E-state index in [9.17, 15) is 5.11 Å². The number of aromatic nitrogens is 3. The molecule has 0 amide bonds. The summed E-state index contributed by atoms with van der Waals surface area (Å²) in [7, 11) is 0. The van der Waals surface area contributed by atoms with E-state index in [2.05, 4.69) is 20.5 Å². The van der Waals surface area contributed by atoms with E-state index in [1.165, 1.54) is 6.33 Å². The molecule has 1 atom stereocenters. The number of hydrogen-bond donors (Lipinski definition) is 3. The minimum Gasteiger partial charge on any atom is -0.508 e. The number of nitrogens with zero attached hydrogens (tertiary/aromatic N) is 2. The highest BCUT2D eigenvalue weighted by Gasteiger charge is 2.08. The van der Waals surface area contributed by atoms with Gasteiger partial charge in [0.05, 0.1) is 6.04 Å². The second-order valence-electron chi connectivity index (χ2n) is 3.60. The summed E-state index contributed by atoms with van der Waals surface area (Å²) in [6, 6.07) is 7.34. The van der Waals surface area contributed by atoms with Gasteiger partial charge in [0.15, 0.2) is 0 Å². The summed E-state index contributed by atoms with van der Waals surface area (Å²) >= 11 is 0. The largest absolute Gasteiger partial charge is 0.508 e. The molecule has 0 fully saturated rings. The Morgan fingerprint density at radius 1 is 1.44 bits per heavy atom. The molecule has 1 heterocycles. The smallest absolute Gasteiger partial charge is 0.141 e. The number of rotatable bonds is 4. The first-order valence-corrected chi connectivity index (χ1v) is 5.13. The van der Waals surface area contributed by atoms with Crippen LogP contribution in [0.4, 0.5) is 0 Å². The lowest BCUT2D eigenvalue weighted by Crippen LogP contribution is -2.19. The molecule has 5 heteroatoms. The van der Waals surface area contributed by atoms with Crippen LogP contribution in [0.3, 0.4) is 0 Å². The summed E-state index contributed by atoms with van der Waals surface area (Å²) in [6.45, 7) is 2.58. The SMILES string of the molecule is CC(NCc1ccccc1O)c1ncn[nH]1. The fraction of sp³-hybridized carbons (Fsp3) is 0.273. The topological polar surface area (TPSA) is 73.8 Å². The minimum absolute atomic E-state index is 0.0714. The van der Waals surface area contributed by atoms with Crippen molar-refractivity contribution in [3.05, 3.63) is 42.0 Å². The highest BCUT2D eigenvalue weighted by atomic mass is 16.3. The number of benzene rings is 1. The van der Waals surface area contributed by atoms with Gasteiger partial charge in [-0.1, -0.05) is 18.2 Å². The van der Waals surface area contributed by atoms with Gasteiger partial charge in [-0.2, -0.15) is 5.10 Å². The van der Waals surface area contributed by atoms with E-state index in [-0.39, 0.29) is 6.04 Å². The van der Waals surface area contributed by atoms with Crippen LogP contribution in [-0.4, -0.2) is 20.3 Å². The Labute approximate surface area is 93.5 Å². The number of aromatic amines is 1. The van der Waals surface area contributed by atoms with E-state index < -0.39 is 0 Å². The molecule has 16 heavy (non-hydrogen) atoms. The van der Waals surface area contributed by atoms with Gasteiger partial charge in [-0.15, -0.1) is 0 Å². The molecular formula is C11H14N4O. The summed E-state index contributed by atoms with van der Waals surface area (Å²) in [6.07, 6.45) is 1.48. The maximum Gasteiger partial charge on any atom is 0.141 e. The van der Waals surface area contributed by atoms with Crippen molar-refractivity contribution >= 4 is 0 Å². The molecule has 1 aromatic heterocycles. The Bertz CT molecular complexity index is 441. The van der Waals surface area contributed by atoms with Gasteiger partial charge >= 0.3 is 0 Å². The van der Waals surface area contributed by atoms with Crippen molar-refractivity contribution in [1.82, 2.24) is 20.5 Å². The molecule has 0 saturated carbocycles. The zero-order valence-corrected chi connectivity index (χ0v) is 9.01. The van der Waals surface area contributed by atoms with Crippen molar-refractivity contribution in [2.24, 2.45) is 0 Å². The first-order valence-electron chi connectivity index (χ1n) is 5.13. The normalized spacial score (nSPS) is 12.6. The second kappa shape index (κ2) is 4.76. The summed E-state index contributed by atoms with van der Waals surface area (Å²) in [5, 5.41) is 19.4. The third kappa shape index (κ3) is 2.38. The number of H-pyrrole nitrogens is 1. The van der Waals surface area contributed by atoms with Gasteiger partial charge in [0.2, 0.25) is 0 Å². The molecule has 5 nitrogen and oxygen atoms in total. The summed E-state index contributed by atoms with van der Waals surface area (Å²) in [5.74, 6) is 1.09. The van der Waals surface area contributed by atoms with Crippen molar-refractivity contribution in [2.75, 3.05) is 0 Å². The van der Waals surface area contributed by atoms with E-state index in [0.29, 0.717) is 12.3 Å². The number of nitrogens with one attached hydrogen (secondary N) is 2. The van der Waals surface area contributed by atoms with Crippen molar-refractivity contribution < 1.29 is 5.11 Å².